The number of ether oxygens (including phenoxy) is 1. The summed E-state index contributed by atoms with van der Waals surface area (Å²) in [4.78, 5) is 0. The first-order chi connectivity index (χ1) is 7.11. The summed E-state index contributed by atoms with van der Waals surface area (Å²) in [5, 5.41) is 3.33. The number of benzene rings is 1. The number of nitrogens with one attached hydrogen (secondary N) is 1. The second-order valence-electron chi connectivity index (χ2n) is 4.18. The van der Waals surface area contributed by atoms with Gasteiger partial charge >= 0.3 is 0 Å². The molecule has 0 radical (unpaired) electrons. The maximum atomic E-state index is 5.76. The van der Waals surface area contributed by atoms with E-state index in [0.29, 0.717) is 6.04 Å². The number of para-hydroxylation sites is 1. The van der Waals surface area contributed by atoms with Gasteiger partial charge in [-0.15, -0.1) is 12.4 Å². The summed E-state index contributed by atoms with van der Waals surface area (Å²) in [6.45, 7) is 10.1. The third-order valence-electron chi connectivity index (χ3n) is 2.31. The van der Waals surface area contributed by atoms with Crippen LogP contribution in [0.1, 0.15) is 25.0 Å². The monoisotopic (exact) mass is 243 g/mol. The van der Waals surface area contributed by atoms with Gasteiger partial charge in [0.05, 0.1) is 0 Å². The van der Waals surface area contributed by atoms with Crippen LogP contribution in [-0.4, -0.2) is 19.2 Å². The fourth-order valence-corrected chi connectivity index (χ4v) is 1.53. The normalized spacial score (nSPS) is 10.1. The zero-order valence-corrected chi connectivity index (χ0v) is 11.4. The summed E-state index contributed by atoms with van der Waals surface area (Å²) in [5.74, 6) is 1.03. The summed E-state index contributed by atoms with van der Waals surface area (Å²) >= 11 is 0. The van der Waals surface area contributed by atoms with Crippen molar-refractivity contribution in [2.75, 3.05) is 13.2 Å². The van der Waals surface area contributed by atoms with Gasteiger partial charge in [-0.05, 0) is 25.0 Å². The van der Waals surface area contributed by atoms with Crippen LogP contribution in [-0.2, 0) is 0 Å². The molecule has 0 atom stereocenters. The molecule has 1 aromatic carbocycles. The summed E-state index contributed by atoms with van der Waals surface area (Å²) in [6.07, 6.45) is 0. The van der Waals surface area contributed by atoms with Crippen LogP contribution in [0.25, 0.3) is 0 Å². The van der Waals surface area contributed by atoms with Gasteiger partial charge < -0.3 is 10.1 Å². The molecule has 0 spiro atoms. The summed E-state index contributed by atoms with van der Waals surface area (Å²) in [5.41, 5.74) is 2.42. The Morgan fingerprint density at radius 1 is 1.19 bits per heavy atom. The summed E-state index contributed by atoms with van der Waals surface area (Å²) in [6, 6.07) is 6.74. The first-order valence-corrected chi connectivity index (χ1v) is 5.53. The van der Waals surface area contributed by atoms with E-state index >= 15 is 0 Å². The molecule has 92 valence electrons. The van der Waals surface area contributed by atoms with Gasteiger partial charge in [0.25, 0.3) is 0 Å². The van der Waals surface area contributed by atoms with Crippen molar-refractivity contribution >= 4 is 12.4 Å². The number of hydrogen-bond acceptors (Lipinski definition) is 2. The Kier molecular flexibility index (Phi) is 7.18. The zero-order valence-electron chi connectivity index (χ0n) is 10.5. The number of rotatable bonds is 5. The third-order valence-corrected chi connectivity index (χ3v) is 2.31. The molecule has 0 aliphatic carbocycles. The topological polar surface area (TPSA) is 21.3 Å². The van der Waals surface area contributed by atoms with Gasteiger partial charge in [-0.1, -0.05) is 32.0 Å². The van der Waals surface area contributed by atoms with E-state index in [1.165, 1.54) is 11.1 Å². The number of halogens is 1. The van der Waals surface area contributed by atoms with Crippen molar-refractivity contribution in [1.29, 1.82) is 0 Å². The van der Waals surface area contributed by atoms with Crippen LogP contribution in [0.3, 0.4) is 0 Å². The van der Waals surface area contributed by atoms with Crippen LogP contribution < -0.4 is 10.1 Å². The van der Waals surface area contributed by atoms with E-state index in [-0.39, 0.29) is 12.4 Å². The van der Waals surface area contributed by atoms with Crippen LogP contribution in [0, 0.1) is 13.8 Å². The van der Waals surface area contributed by atoms with Gasteiger partial charge in [0.2, 0.25) is 0 Å². The Labute approximate surface area is 105 Å². The summed E-state index contributed by atoms with van der Waals surface area (Å²) < 4.78 is 5.76. The largest absolute Gasteiger partial charge is 0.492 e. The van der Waals surface area contributed by atoms with Gasteiger partial charge in [0.15, 0.2) is 0 Å². The molecule has 0 aromatic heterocycles. The van der Waals surface area contributed by atoms with Crippen molar-refractivity contribution in [3.05, 3.63) is 29.3 Å². The van der Waals surface area contributed by atoms with Gasteiger partial charge in [-0.25, -0.2) is 0 Å². The smallest absolute Gasteiger partial charge is 0.125 e. The van der Waals surface area contributed by atoms with Gasteiger partial charge in [-0.3, -0.25) is 0 Å². The Bertz CT molecular complexity index is 293. The third kappa shape index (κ3) is 4.86. The molecule has 2 nitrogen and oxygen atoms in total. The molecule has 3 heteroatoms. The maximum Gasteiger partial charge on any atom is 0.125 e. The lowest BCUT2D eigenvalue weighted by Gasteiger charge is -2.13. The molecule has 0 bridgehead atoms. The first-order valence-electron chi connectivity index (χ1n) is 5.53. The molecule has 1 rings (SSSR count). The highest BCUT2D eigenvalue weighted by Crippen LogP contribution is 2.21. The standard InChI is InChI=1S/C13H21NO.ClH/c1-10(2)14-8-9-15-13-11(3)6-5-7-12(13)4;/h5-7,10,14H,8-9H2,1-4H3;1H. The maximum absolute atomic E-state index is 5.76. The second kappa shape index (κ2) is 7.53. The Morgan fingerprint density at radius 3 is 2.25 bits per heavy atom. The highest BCUT2D eigenvalue weighted by Gasteiger charge is 2.02. The minimum absolute atomic E-state index is 0. The quantitative estimate of drug-likeness (QED) is 0.803. The zero-order chi connectivity index (χ0) is 11.3. The lowest BCUT2D eigenvalue weighted by atomic mass is 10.1. The van der Waals surface area contributed by atoms with Crippen LogP contribution in [0.5, 0.6) is 5.75 Å². The fraction of sp³-hybridized carbons (Fsp3) is 0.538. The van der Waals surface area contributed by atoms with Crippen molar-refractivity contribution in [2.45, 2.75) is 33.7 Å². The van der Waals surface area contributed by atoms with Crippen molar-refractivity contribution in [3.8, 4) is 5.75 Å². The molecule has 0 aliphatic rings. The molecule has 0 amide bonds. The number of hydrogen-bond donors (Lipinski definition) is 1. The predicted octanol–water partition coefficient (Wildman–Crippen LogP) is 3.10. The molecule has 16 heavy (non-hydrogen) atoms. The van der Waals surface area contributed by atoms with E-state index in [1.807, 2.05) is 0 Å². The van der Waals surface area contributed by atoms with Crippen molar-refractivity contribution in [3.63, 3.8) is 0 Å². The highest BCUT2D eigenvalue weighted by atomic mass is 35.5. The average Bonchev–Trinajstić information content (AvgIpc) is 2.15. The van der Waals surface area contributed by atoms with Crippen molar-refractivity contribution in [2.24, 2.45) is 0 Å². The SMILES string of the molecule is Cc1cccc(C)c1OCCNC(C)C.Cl. The van der Waals surface area contributed by atoms with Crippen molar-refractivity contribution in [1.82, 2.24) is 5.32 Å². The van der Waals surface area contributed by atoms with E-state index in [0.717, 1.165) is 18.9 Å². The lowest BCUT2D eigenvalue weighted by molar-refractivity contribution is 0.305. The lowest BCUT2D eigenvalue weighted by Crippen LogP contribution is -2.27. The van der Waals surface area contributed by atoms with E-state index in [9.17, 15) is 0 Å². The van der Waals surface area contributed by atoms with Crippen molar-refractivity contribution < 1.29 is 4.74 Å². The Hall–Kier alpha value is -0.730. The molecule has 0 aliphatic heterocycles. The van der Waals surface area contributed by atoms with E-state index in [2.05, 4.69) is 51.2 Å². The van der Waals surface area contributed by atoms with Crippen LogP contribution in [0.15, 0.2) is 18.2 Å². The Balaban J connectivity index is 0.00000225. The summed E-state index contributed by atoms with van der Waals surface area (Å²) in [7, 11) is 0. The molecule has 1 N–H and O–H groups in total. The predicted molar refractivity (Wildman–Crippen MR) is 71.8 cm³/mol. The minimum Gasteiger partial charge on any atom is -0.492 e. The molecule has 0 unspecified atom stereocenters. The van der Waals surface area contributed by atoms with Crippen LogP contribution in [0.4, 0.5) is 0 Å². The number of aryl methyl sites for hydroxylation is 2. The molecule has 0 saturated heterocycles. The van der Waals surface area contributed by atoms with Crippen LogP contribution >= 0.6 is 12.4 Å². The van der Waals surface area contributed by atoms with Crippen LogP contribution in [0.2, 0.25) is 0 Å². The Morgan fingerprint density at radius 2 is 1.75 bits per heavy atom. The average molecular weight is 244 g/mol. The molecule has 0 saturated carbocycles. The molecule has 1 aromatic rings. The fourth-order valence-electron chi connectivity index (χ4n) is 1.53. The molecule has 0 heterocycles. The van der Waals surface area contributed by atoms with Gasteiger partial charge in [-0.2, -0.15) is 0 Å². The molecular formula is C13H22ClNO. The van der Waals surface area contributed by atoms with E-state index < -0.39 is 0 Å². The second-order valence-corrected chi connectivity index (χ2v) is 4.18. The molecule has 0 fully saturated rings. The van der Waals surface area contributed by atoms with E-state index in [1.54, 1.807) is 0 Å². The van der Waals surface area contributed by atoms with Gasteiger partial charge in [0, 0.05) is 12.6 Å². The van der Waals surface area contributed by atoms with E-state index in [4.69, 9.17) is 4.74 Å². The first kappa shape index (κ1) is 15.3. The minimum atomic E-state index is 0. The molecular weight excluding hydrogens is 222 g/mol. The highest BCUT2D eigenvalue weighted by molar-refractivity contribution is 5.85. The van der Waals surface area contributed by atoms with Gasteiger partial charge in [0.1, 0.15) is 12.4 Å².